The lowest BCUT2D eigenvalue weighted by Gasteiger charge is -2.21. The number of amides is 1. The van der Waals surface area contributed by atoms with Gasteiger partial charge in [0.2, 0.25) is 11.0 Å². The lowest BCUT2D eigenvalue weighted by molar-refractivity contribution is -0.131. The molecule has 1 saturated heterocycles. The predicted octanol–water partition coefficient (Wildman–Crippen LogP) is 3.20. The zero-order valence-corrected chi connectivity index (χ0v) is 17.1. The van der Waals surface area contributed by atoms with Gasteiger partial charge < -0.3 is 14.5 Å². The zero-order chi connectivity index (χ0) is 19.1. The van der Waals surface area contributed by atoms with Crippen molar-refractivity contribution in [1.82, 2.24) is 14.3 Å². The lowest BCUT2D eigenvalue weighted by atomic mass is 10.1. The maximum atomic E-state index is 12.2. The van der Waals surface area contributed by atoms with Crippen LogP contribution in [0.2, 0.25) is 0 Å². The van der Waals surface area contributed by atoms with E-state index in [-0.39, 0.29) is 5.91 Å². The number of carbonyl (C=O) groups excluding carboxylic acids is 1. The predicted molar refractivity (Wildman–Crippen MR) is 109 cm³/mol. The third-order valence-corrected chi connectivity index (χ3v) is 5.68. The second-order valence-corrected chi connectivity index (χ2v) is 7.64. The normalized spacial score (nSPS) is 14.9. The first-order valence-electron chi connectivity index (χ1n) is 9.24. The molecular formula is C19H25ClN4O2S. The summed E-state index contributed by atoms with van der Waals surface area (Å²) in [6, 6.07) is 7.98. The Bertz CT molecular complexity index is 755. The Balaban J connectivity index is 1.58. The fraction of sp³-hybridized carbons (Fsp3) is 0.526. The van der Waals surface area contributed by atoms with Crippen molar-refractivity contribution in [2.24, 2.45) is 0 Å². The van der Waals surface area contributed by atoms with Gasteiger partial charge in [-0.3, -0.25) is 4.79 Å². The molecule has 0 aliphatic carbocycles. The average molecular weight is 409 g/mol. The average Bonchev–Trinajstić information content (AvgIpc) is 3.00. The van der Waals surface area contributed by atoms with Crippen molar-refractivity contribution in [3.8, 4) is 5.75 Å². The maximum absolute atomic E-state index is 12.2. The summed E-state index contributed by atoms with van der Waals surface area (Å²) in [5.74, 6) is 2.40. The number of hydrogen-bond donors (Lipinski definition) is 0. The largest absolute Gasteiger partial charge is 0.497 e. The molecule has 1 aromatic heterocycles. The molecule has 27 heavy (non-hydrogen) atoms. The van der Waals surface area contributed by atoms with E-state index >= 15 is 0 Å². The van der Waals surface area contributed by atoms with Gasteiger partial charge in [0.1, 0.15) is 11.6 Å². The standard InChI is InChI=1S/C19H25ClN4O2S/c1-26-16-6-2-5-15(13-16)14-17-21-19(27-22-17)24-10-4-9-23(11-12-24)18(25)7-3-8-20/h2,5-6,13H,3-4,7-12,14H2,1H3. The Morgan fingerprint density at radius 2 is 2.19 bits per heavy atom. The van der Waals surface area contributed by atoms with Gasteiger partial charge in [-0.15, -0.1) is 11.6 Å². The molecule has 0 bridgehead atoms. The molecule has 0 atom stereocenters. The number of aromatic nitrogens is 2. The minimum atomic E-state index is 0.202. The van der Waals surface area contributed by atoms with Gasteiger partial charge in [-0.2, -0.15) is 4.37 Å². The van der Waals surface area contributed by atoms with Gasteiger partial charge in [-0.25, -0.2) is 4.98 Å². The molecule has 3 rings (SSSR count). The summed E-state index contributed by atoms with van der Waals surface area (Å²) in [4.78, 5) is 21.1. The summed E-state index contributed by atoms with van der Waals surface area (Å²) in [6.07, 6.45) is 2.90. The Labute approximate surface area is 169 Å². The monoisotopic (exact) mass is 408 g/mol. The van der Waals surface area contributed by atoms with E-state index in [9.17, 15) is 4.79 Å². The number of methoxy groups -OCH3 is 1. The van der Waals surface area contributed by atoms with Crippen molar-refractivity contribution in [2.75, 3.05) is 44.1 Å². The van der Waals surface area contributed by atoms with Crippen LogP contribution >= 0.6 is 23.1 Å². The van der Waals surface area contributed by atoms with Crippen molar-refractivity contribution in [3.63, 3.8) is 0 Å². The minimum absolute atomic E-state index is 0.202. The van der Waals surface area contributed by atoms with Crippen LogP contribution in [0.15, 0.2) is 24.3 Å². The van der Waals surface area contributed by atoms with Crippen LogP contribution in [-0.2, 0) is 11.2 Å². The van der Waals surface area contributed by atoms with Crippen LogP contribution in [0.25, 0.3) is 0 Å². The smallest absolute Gasteiger partial charge is 0.222 e. The van der Waals surface area contributed by atoms with E-state index in [2.05, 4.69) is 15.3 Å². The molecule has 0 spiro atoms. The molecule has 2 heterocycles. The fourth-order valence-corrected chi connectivity index (χ4v) is 4.01. The number of anilines is 1. The summed E-state index contributed by atoms with van der Waals surface area (Å²) in [5.41, 5.74) is 1.13. The van der Waals surface area contributed by atoms with Crippen LogP contribution in [0.1, 0.15) is 30.7 Å². The van der Waals surface area contributed by atoms with E-state index in [1.54, 1.807) is 7.11 Å². The molecule has 146 valence electrons. The number of nitrogens with zero attached hydrogens (tertiary/aromatic N) is 4. The molecular weight excluding hydrogens is 384 g/mol. The van der Waals surface area contributed by atoms with Gasteiger partial charge in [0, 0.05) is 56.4 Å². The molecule has 2 aromatic rings. The first-order valence-corrected chi connectivity index (χ1v) is 10.5. The molecule has 1 aliphatic heterocycles. The molecule has 1 fully saturated rings. The molecule has 1 aliphatic rings. The zero-order valence-electron chi connectivity index (χ0n) is 15.6. The Hall–Kier alpha value is -1.86. The quantitative estimate of drug-likeness (QED) is 0.658. The second kappa shape index (κ2) is 9.90. The summed E-state index contributed by atoms with van der Waals surface area (Å²) >= 11 is 7.13. The molecule has 0 radical (unpaired) electrons. The van der Waals surface area contributed by atoms with Gasteiger partial charge in [-0.1, -0.05) is 12.1 Å². The first-order chi connectivity index (χ1) is 13.2. The Morgan fingerprint density at radius 1 is 1.30 bits per heavy atom. The Morgan fingerprint density at radius 3 is 3.00 bits per heavy atom. The van der Waals surface area contributed by atoms with E-state index < -0.39 is 0 Å². The number of carbonyl (C=O) groups is 1. The SMILES string of the molecule is COc1cccc(Cc2nsc(N3CCCN(C(=O)CCCCl)CC3)n2)c1. The van der Waals surface area contributed by atoms with E-state index in [1.165, 1.54) is 11.5 Å². The van der Waals surface area contributed by atoms with Crippen LogP contribution in [0.4, 0.5) is 5.13 Å². The second-order valence-electron chi connectivity index (χ2n) is 6.54. The lowest BCUT2D eigenvalue weighted by Crippen LogP contribution is -2.35. The number of alkyl halides is 1. The highest BCUT2D eigenvalue weighted by Crippen LogP contribution is 2.22. The van der Waals surface area contributed by atoms with Crippen molar-refractivity contribution < 1.29 is 9.53 Å². The number of hydrogen-bond acceptors (Lipinski definition) is 6. The van der Waals surface area contributed by atoms with Gasteiger partial charge in [0.05, 0.1) is 7.11 Å². The van der Waals surface area contributed by atoms with Crippen LogP contribution in [-0.4, -0.2) is 59.3 Å². The van der Waals surface area contributed by atoms with Crippen molar-refractivity contribution in [1.29, 1.82) is 0 Å². The molecule has 0 unspecified atom stereocenters. The van der Waals surface area contributed by atoms with Gasteiger partial charge in [0.25, 0.3) is 0 Å². The number of halogens is 1. The van der Waals surface area contributed by atoms with Crippen molar-refractivity contribution >= 4 is 34.2 Å². The highest BCUT2D eigenvalue weighted by molar-refractivity contribution is 7.09. The van der Waals surface area contributed by atoms with Gasteiger partial charge >= 0.3 is 0 Å². The van der Waals surface area contributed by atoms with Crippen LogP contribution in [0.3, 0.4) is 0 Å². The first kappa shape index (κ1) is 19.9. The molecule has 1 aromatic carbocycles. The third kappa shape index (κ3) is 5.56. The minimum Gasteiger partial charge on any atom is -0.497 e. The van der Waals surface area contributed by atoms with E-state index in [1.807, 2.05) is 23.1 Å². The van der Waals surface area contributed by atoms with Gasteiger partial charge in [-0.05, 0) is 30.5 Å². The molecule has 0 N–H and O–H groups in total. The van der Waals surface area contributed by atoms with E-state index in [0.717, 1.165) is 61.3 Å². The summed E-state index contributed by atoms with van der Waals surface area (Å²) < 4.78 is 9.79. The van der Waals surface area contributed by atoms with Crippen molar-refractivity contribution in [3.05, 3.63) is 35.7 Å². The molecule has 1 amide bonds. The van der Waals surface area contributed by atoms with Crippen LogP contribution < -0.4 is 9.64 Å². The number of rotatable bonds is 7. The third-order valence-electron chi connectivity index (χ3n) is 4.60. The number of ether oxygens (including phenoxy) is 1. The van der Waals surface area contributed by atoms with Crippen LogP contribution in [0, 0.1) is 0 Å². The maximum Gasteiger partial charge on any atom is 0.222 e. The van der Waals surface area contributed by atoms with Crippen LogP contribution in [0.5, 0.6) is 5.75 Å². The van der Waals surface area contributed by atoms with E-state index in [0.29, 0.717) is 18.7 Å². The summed E-state index contributed by atoms with van der Waals surface area (Å²) in [6.45, 7) is 3.21. The summed E-state index contributed by atoms with van der Waals surface area (Å²) in [5, 5.41) is 0.933. The molecule has 6 nitrogen and oxygen atoms in total. The highest BCUT2D eigenvalue weighted by Gasteiger charge is 2.21. The highest BCUT2D eigenvalue weighted by atomic mass is 35.5. The molecule has 0 saturated carbocycles. The van der Waals surface area contributed by atoms with Gasteiger partial charge in [0.15, 0.2) is 0 Å². The fourth-order valence-electron chi connectivity index (χ4n) is 3.14. The van der Waals surface area contributed by atoms with E-state index in [4.69, 9.17) is 21.3 Å². The number of benzene rings is 1. The molecule has 8 heteroatoms. The summed E-state index contributed by atoms with van der Waals surface area (Å²) in [7, 11) is 1.67. The van der Waals surface area contributed by atoms with Crippen molar-refractivity contribution in [2.45, 2.75) is 25.7 Å². The topological polar surface area (TPSA) is 58.6 Å². The Kier molecular flexibility index (Phi) is 7.29.